The summed E-state index contributed by atoms with van der Waals surface area (Å²) in [5.41, 5.74) is 0.754. The summed E-state index contributed by atoms with van der Waals surface area (Å²) in [7, 11) is 0. The van der Waals surface area contributed by atoms with Crippen molar-refractivity contribution in [1.29, 1.82) is 0 Å². The minimum atomic E-state index is -4.33. The van der Waals surface area contributed by atoms with E-state index < -0.39 is 25.0 Å². The first-order chi connectivity index (χ1) is 12.8. The second-order valence-corrected chi connectivity index (χ2v) is 6.13. The van der Waals surface area contributed by atoms with Crippen molar-refractivity contribution in [2.45, 2.75) is 26.4 Å². The third kappa shape index (κ3) is 6.39. The molecular weight excluding hydrogens is 359 g/mol. The molecule has 1 heterocycles. The van der Waals surface area contributed by atoms with Gasteiger partial charge in [-0.2, -0.15) is 13.2 Å². The quantitative estimate of drug-likeness (QED) is 0.655. The Morgan fingerprint density at radius 2 is 1.74 bits per heavy atom. The van der Waals surface area contributed by atoms with Crippen LogP contribution >= 0.6 is 0 Å². The molecule has 0 spiro atoms. The molecule has 0 aliphatic heterocycles. The van der Waals surface area contributed by atoms with Crippen LogP contribution in [0, 0.1) is 0 Å². The number of nitrogens with zero attached hydrogens (tertiary/aromatic N) is 3. The van der Waals surface area contributed by atoms with Gasteiger partial charge in [-0.05, 0) is 13.1 Å². The maximum absolute atomic E-state index is 12.7. The largest absolute Gasteiger partial charge is 0.390 e. The third-order valence-electron chi connectivity index (χ3n) is 4.32. The second-order valence-electron chi connectivity index (χ2n) is 6.13. The van der Waals surface area contributed by atoms with E-state index in [0.717, 1.165) is 18.7 Å². The molecule has 27 heavy (non-hydrogen) atoms. The molecule has 2 aromatic rings. The Labute approximate surface area is 156 Å². The summed E-state index contributed by atoms with van der Waals surface area (Å²) in [5, 5.41) is 3.76. The minimum Gasteiger partial charge on any atom is -0.355 e. The maximum Gasteiger partial charge on any atom is 0.390 e. The molecule has 0 aliphatic rings. The Bertz CT molecular complexity index is 712. The number of hydrogen-bond donors (Lipinski definition) is 0. The number of rotatable bonds is 9. The van der Waals surface area contributed by atoms with Crippen LogP contribution < -0.4 is 0 Å². The Balaban J connectivity index is 2.13. The van der Waals surface area contributed by atoms with E-state index in [1.165, 1.54) is 11.0 Å². The molecule has 0 fully saturated rings. The van der Waals surface area contributed by atoms with E-state index in [1.807, 2.05) is 36.9 Å². The average Bonchev–Trinajstić information content (AvgIpc) is 3.14. The maximum atomic E-state index is 12.7. The zero-order valence-electron chi connectivity index (χ0n) is 15.5. The number of aromatic nitrogens is 1. The third-order valence-corrected chi connectivity index (χ3v) is 4.32. The van der Waals surface area contributed by atoms with Crippen LogP contribution in [0.1, 0.15) is 30.8 Å². The molecule has 1 aromatic carbocycles. The number of hydrogen-bond acceptors (Lipinski definition) is 4. The molecule has 0 unspecified atom stereocenters. The fourth-order valence-corrected chi connectivity index (χ4v) is 2.66. The Kier molecular flexibility index (Phi) is 7.41. The smallest absolute Gasteiger partial charge is 0.355 e. The predicted octanol–water partition coefficient (Wildman–Crippen LogP) is 4.08. The highest BCUT2D eigenvalue weighted by atomic mass is 19.4. The van der Waals surface area contributed by atoms with Gasteiger partial charge in [-0.1, -0.05) is 49.3 Å². The molecule has 5 nitrogen and oxygen atoms in total. The molecular formula is C19H24F3N3O2. The van der Waals surface area contributed by atoms with Gasteiger partial charge in [0, 0.05) is 31.3 Å². The van der Waals surface area contributed by atoms with Crippen molar-refractivity contribution >= 4 is 5.91 Å². The van der Waals surface area contributed by atoms with Crippen molar-refractivity contribution in [2.75, 3.05) is 32.7 Å². The summed E-state index contributed by atoms with van der Waals surface area (Å²) in [6.07, 6.45) is -5.38. The Morgan fingerprint density at radius 3 is 2.33 bits per heavy atom. The Morgan fingerprint density at radius 1 is 1.07 bits per heavy atom. The lowest BCUT2D eigenvalue weighted by molar-refractivity contribution is -0.136. The predicted molar refractivity (Wildman–Crippen MR) is 96.3 cm³/mol. The number of alkyl halides is 3. The van der Waals surface area contributed by atoms with Crippen molar-refractivity contribution in [3.63, 3.8) is 0 Å². The molecule has 148 valence electrons. The molecule has 0 saturated heterocycles. The average molecular weight is 383 g/mol. The first-order valence-corrected chi connectivity index (χ1v) is 8.94. The molecule has 0 aliphatic carbocycles. The van der Waals surface area contributed by atoms with Crippen molar-refractivity contribution in [3.8, 4) is 11.3 Å². The lowest BCUT2D eigenvalue weighted by Crippen LogP contribution is -2.40. The van der Waals surface area contributed by atoms with E-state index in [-0.39, 0.29) is 12.2 Å². The zero-order chi connectivity index (χ0) is 19.9. The van der Waals surface area contributed by atoms with Gasteiger partial charge < -0.3 is 14.3 Å². The topological polar surface area (TPSA) is 49.6 Å². The van der Waals surface area contributed by atoms with Crippen LogP contribution in [0.4, 0.5) is 13.2 Å². The molecule has 0 radical (unpaired) electrons. The van der Waals surface area contributed by atoms with Gasteiger partial charge >= 0.3 is 6.18 Å². The van der Waals surface area contributed by atoms with Crippen LogP contribution in [0.5, 0.6) is 0 Å². The van der Waals surface area contributed by atoms with Crippen LogP contribution in [0.3, 0.4) is 0 Å². The SMILES string of the molecule is CCN(CC)CCN(CCC(F)(F)F)C(=O)c1cc(-c2ccccc2)on1. The van der Waals surface area contributed by atoms with E-state index >= 15 is 0 Å². The van der Waals surface area contributed by atoms with E-state index in [9.17, 15) is 18.0 Å². The number of carbonyl (C=O) groups excluding carboxylic acids is 1. The van der Waals surface area contributed by atoms with Gasteiger partial charge in [-0.25, -0.2) is 0 Å². The van der Waals surface area contributed by atoms with Gasteiger partial charge in [0.15, 0.2) is 11.5 Å². The normalized spacial score (nSPS) is 11.8. The molecule has 0 N–H and O–H groups in total. The summed E-state index contributed by atoms with van der Waals surface area (Å²) in [6, 6.07) is 10.6. The first-order valence-electron chi connectivity index (χ1n) is 8.94. The molecule has 0 atom stereocenters. The standard InChI is InChI=1S/C19H24F3N3O2/c1-3-24(4-2)12-13-25(11-10-19(20,21)22)18(26)16-14-17(27-23-16)15-8-6-5-7-9-15/h5-9,14H,3-4,10-13H2,1-2H3. The van der Waals surface area contributed by atoms with Crippen molar-refractivity contribution in [3.05, 3.63) is 42.1 Å². The summed E-state index contributed by atoms with van der Waals surface area (Å²) < 4.78 is 43.2. The minimum absolute atomic E-state index is 0.00979. The van der Waals surface area contributed by atoms with Crippen LogP contribution in [0.2, 0.25) is 0 Å². The Hall–Kier alpha value is -2.35. The van der Waals surface area contributed by atoms with Gasteiger partial charge in [0.05, 0.1) is 6.42 Å². The van der Waals surface area contributed by atoms with Crippen molar-refractivity contribution in [1.82, 2.24) is 15.0 Å². The zero-order valence-corrected chi connectivity index (χ0v) is 15.5. The van der Waals surface area contributed by atoms with E-state index in [4.69, 9.17) is 4.52 Å². The van der Waals surface area contributed by atoms with Gasteiger partial charge in [0.2, 0.25) is 0 Å². The highest BCUT2D eigenvalue weighted by Gasteiger charge is 2.30. The number of likely N-dealkylation sites (N-methyl/N-ethyl adjacent to an activating group) is 1. The van der Waals surface area contributed by atoms with Crippen molar-refractivity contribution in [2.24, 2.45) is 0 Å². The van der Waals surface area contributed by atoms with Crippen LogP contribution in [0.15, 0.2) is 40.9 Å². The first kappa shape index (κ1) is 21.0. The number of amides is 1. The van der Waals surface area contributed by atoms with E-state index in [1.54, 1.807) is 12.1 Å². The summed E-state index contributed by atoms with van der Waals surface area (Å²) >= 11 is 0. The number of halogens is 3. The number of benzene rings is 1. The lowest BCUT2D eigenvalue weighted by Gasteiger charge is -2.26. The molecule has 2 rings (SSSR count). The molecule has 8 heteroatoms. The summed E-state index contributed by atoms with van der Waals surface area (Å²) in [5.74, 6) is -0.157. The lowest BCUT2D eigenvalue weighted by atomic mass is 10.1. The fraction of sp³-hybridized carbons (Fsp3) is 0.474. The molecule has 1 aromatic heterocycles. The van der Waals surface area contributed by atoms with E-state index in [0.29, 0.717) is 12.3 Å². The highest BCUT2D eigenvalue weighted by Crippen LogP contribution is 2.22. The van der Waals surface area contributed by atoms with Gasteiger partial charge in [0.1, 0.15) is 0 Å². The van der Waals surface area contributed by atoms with Gasteiger partial charge in [-0.3, -0.25) is 4.79 Å². The van der Waals surface area contributed by atoms with Gasteiger partial charge in [0.25, 0.3) is 5.91 Å². The molecule has 0 bridgehead atoms. The highest BCUT2D eigenvalue weighted by molar-refractivity contribution is 5.93. The number of carbonyl (C=O) groups is 1. The second kappa shape index (κ2) is 9.55. The van der Waals surface area contributed by atoms with Crippen LogP contribution in [-0.4, -0.2) is 59.8 Å². The van der Waals surface area contributed by atoms with Gasteiger partial charge in [-0.15, -0.1) is 0 Å². The monoisotopic (exact) mass is 383 g/mol. The summed E-state index contributed by atoms with van der Waals surface area (Å²) in [4.78, 5) is 16.0. The summed E-state index contributed by atoms with van der Waals surface area (Å²) in [6.45, 7) is 5.76. The van der Waals surface area contributed by atoms with Crippen LogP contribution in [0.25, 0.3) is 11.3 Å². The van der Waals surface area contributed by atoms with Crippen molar-refractivity contribution < 1.29 is 22.5 Å². The fourth-order valence-electron chi connectivity index (χ4n) is 2.66. The molecule has 0 saturated carbocycles. The van der Waals surface area contributed by atoms with E-state index in [2.05, 4.69) is 5.16 Å². The van der Waals surface area contributed by atoms with Crippen LogP contribution in [-0.2, 0) is 0 Å². The molecule has 1 amide bonds.